The number of carbonyl (C=O) groups is 2. The van der Waals surface area contributed by atoms with Crippen LogP contribution in [0.5, 0.6) is 0 Å². The molecule has 0 radical (unpaired) electrons. The molecule has 0 aliphatic rings. The lowest BCUT2D eigenvalue weighted by Gasteiger charge is -2.16. The van der Waals surface area contributed by atoms with Crippen LogP contribution in [0, 0.1) is 0 Å². The van der Waals surface area contributed by atoms with Crippen LogP contribution in [0.15, 0.2) is 18.2 Å². The molecule has 1 N–H and O–H groups in total. The average molecular weight is 293 g/mol. The second-order valence-electron chi connectivity index (χ2n) is 2.74. The first-order valence-electron chi connectivity index (χ1n) is 3.93. The van der Waals surface area contributed by atoms with Gasteiger partial charge >= 0.3 is 5.97 Å². The summed E-state index contributed by atoms with van der Waals surface area (Å²) in [5, 5.41) is 9.10. The minimum atomic E-state index is -1.14. The Hall–Kier alpha value is -1.07. The van der Waals surface area contributed by atoms with Crippen molar-refractivity contribution in [1.29, 1.82) is 0 Å². The fraction of sp³-hybridized carbons (Fsp3) is 0.111. The number of anilines is 1. The quantitative estimate of drug-likeness (QED) is 0.853. The number of hydrogen-bond acceptors (Lipinski definition) is 2. The molecule has 0 aromatic heterocycles. The number of carbonyl (C=O) groups excluding carboxylic acids is 1. The fourth-order valence-corrected chi connectivity index (χ4v) is 1.79. The molecule has 0 fully saturated rings. The van der Waals surface area contributed by atoms with Crippen LogP contribution in [0.2, 0.25) is 5.02 Å². The third-order valence-corrected chi connectivity index (χ3v) is 2.85. The summed E-state index contributed by atoms with van der Waals surface area (Å²) in [7, 11) is 0. The average Bonchev–Trinajstić information content (AvgIpc) is 2.16. The fourth-order valence-electron chi connectivity index (χ4n) is 1.04. The molecule has 0 heterocycles. The summed E-state index contributed by atoms with van der Waals surface area (Å²) in [5.74, 6) is -1.50. The maximum Gasteiger partial charge on any atom is 0.337 e. The molecule has 1 aromatic carbocycles. The molecule has 15 heavy (non-hydrogen) atoms. The van der Waals surface area contributed by atoms with Crippen LogP contribution in [-0.2, 0) is 4.79 Å². The smallest absolute Gasteiger partial charge is 0.337 e. The van der Waals surface area contributed by atoms with Crippen LogP contribution in [-0.4, -0.2) is 17.0 Å². The largest absolute Gasteiger partial charge is 0.478 e. The van der Waals surface area contributed by atoms with E-state index in [1.54, 1.807) is 0 Å². The van der Waals surface area contributed by atoms with Gasteiger partial charge in [0.05, 0.1) is 32.4 Å². The van der Waals surface area contributed by atoms with Crippen LogP contribution in [0.25, 0.3) is 0 Å². The van der Waals surface area contributed by atoms with Crippen molar-refractivity contribution >= 4 is 45.3 Å². The van der Waals surface area contributed by atoms with Crippen molar-refractivity contribution in [2.24, 2.45) is 0 Å². The molecule has 0 atom stereocenters. The molecule has 1 rings (SSSR count). The predicted octanol–water partition coefficient (Wildman–Crippen LogP) is 2.70. The van der Waals surface area contributed by atoms with Gasteiger partial charge in [0.1, 0.15) is 0 Å². The summed E-state index contributed by atoms with van der Waals surface area (Å²) in [6.07, 6.45) is 0. The Morgan fingerprint density at radius 3 is 2.53 bits per heavy atom. The first-order chi connectivity index (χ1) is 6.95. The number of hydrogen-bond donors (Lipinski definition) is 1. The van der Waals surface area contributed by atoms with Gasteiger partial charge in [0.2, 0.25) is 5.91 Å². The van der Waals surface area contributed by atoms with Gasteiger partial charge in [0, 0.05) is 6.92 Å². The third kappa shape index (κ3) is 2.49. The Balaban J connectivity index is 3.37. The third-order valence-electron chi connectivity index (χ3n) is 1.69. The number of para-hydroxylation sites is 1. The lowest BCUT2D eigenvalue weighted by atomic mass is 10.2. The van der Waals surface area contributed by atoms with Gasteiger partial charge in [-0.3, -0.25) is 4.79 Å². The van der Waals surface area contributed by atoms with Crippen molar-refractivity contribution in [2.75, 3.05) is 3.93 Å². The summed E-state index contributed by atoms with van der Waals surface area (Å²) < 4.78 is 1.03. The van der Waals surface area contributed by atoms with Crippen LogP contribution < -0.4 is 3.93 Å². The van der Waals surface area contributed by atoms with E-state index in [0.717, 1.165) is 3.93 Å². The van der Waals surface area contributed by atoms with Gasteiger partial charge in [-0.25, -0.2) is 8.72 Å². The van der Waals surface area contributed by atoms with E-state index >= 15 is 0 Å². The van der Waals surface area contributed by atoms with Crippen molar-refractivity contribution in [3.05, 3.63) is 28.8 Å². The highest BCUT2D eigenvalue weighted by molar-refractivity contribution is 9.10. The number of aromatic carboxylic acids is 1. The number of rotatable bonds is 2. The van der Waals surface area contributed by atoms with Crippen LogP contribution >= 0.6 is 27.7 Å². The number of carboxylic acid groups (broad SMARTS) is 1. The van der Waals surface area contributed by atoms with Gasteiger partial charge in [0.15, 0.2) is 0 Å². The second-order valence-corrected chi connectivity index (χ2v) is 3.86. The summed E-state index contributed by atoms with van der Waals surface area (Å²) in [5.41, 5.74) is 0.105. The van der Waals surface area contributed by atoms with Gasteiger partial charge in [-0.15, -0.1) is 0 Å². The van der Waals surface area contributed by atoms with Crippen molar-refractivity contribution in [3.8, 4) is 0 Å². The Bertz CT molecular complexity index is 422. The molecule has 0 aliphatic carbocycles. The van der Waals surface area contributed by atoms with E-state index in [9.17, 15) is 9.59 Å². The monoisotopic (exact) mass is 291 g/mol. The second kappa shape index (κ2) is 4.63. The predicted molar refractivity (Wildman–Crippen MR) is 60.5 cm³/mol. The Morgan fingerprint density at radius 1 is 1.47 bits per heavy atom. The zero-order valence-electron chi connectivity index (χ0n) is 7.70. The van der Waals surface area contributed by atoms with Crippen molar-refractivity contribution < 1.29 is 14.7 Å². The zero-order chi connectivity index (χ0) is 11.6. The molecule has 1 aromatic rings. The van der Waals surface area contributed by atoms with E-state index < -0.39 is 5.97 Å². The molecule has 1 amide bonds. The number of halogens is 2. The van der Waals surface area contributed by atoms with Crippen molar-refractivity contribution in [1.82, 2.24) is 0 Å². The Kier molecular flexibility index (Phi) is 3.71. The molecule has 6 heteroatoms. The lowest BCUT2D eigenvalue weighted by Crippen LogP contribution is -2.19. The maximum atomic E-state index is 11.1. The van der Waals surface area contributed by atoms with E-state index in [1.807, 2.05) is 0 Å². The molecule has 0 aliphatic heterocycles. The van der Waals surface area contributed by atoms with Crippen LogP contribution in [0.1, 0.15) is 17.3 Å². The van der Waals surface area contributed by atoms with Gasteiger partial charge in [-0.05, 0) is 12.1 Å². The van der Waals surface area contributed by atoms with E-state index in [4.69, 9.17) is 16.7 Å². The van der Waals surface area contributed by atoms with Gasteiger partial charge in [-0.2, -0.15) is 0 Å². The van der Waals surface area contributed by atoms with E-state index in [0.29, 0.717) is 0 Å². The first kappa shape index (κ1) is 12.0. The SMILES string of the molecule is CC(=O)N(Br)c1c(Cl)cccc1C(=O)O. The van der Waals surface area contributed by atoms with Crippen LogP contribution in [0.4, 0.5) is 5.69 Å². The minimum Gasteiger partial charge on any atom is -0.478 e. The van der Waals surface area contributed by atoms with Gasteiger partial charge in [0.25, 0.3) is 0 Å². The highest BCUT2D eigenvalue weighted by Crippen LogP contribution is 2.32. The Morgan fingerprint density at radius 2 is 2.07 bits per heavy atom. The van der Waals surface area contributed by atoms with Crippen molar-refractivity contribution in [3.63, 3.8) is 0 Å². The highest BCUT2D eigenvalue weighted by atomic mass is 79.9. The number of benzene rings is 1. The highest BCUT2D eigenvalue weighted by Gasteiger charge is 2.20. The van der Waals surface area contributed by atoms with E-state index in [1.165, 1.54) is 25.1 Å². The van der Waals surface area contributed by atoms with E-state index in [2.05, 4.69) is 16.1 Å². The summed E-state index contributed by atoms with van der Waals surface area (Å²) in [4.78, 5) is 22.0. The standard InChI is InChI=1S/C9H7BrClNO3/c1-5(13)12(10)8-6(9(14)15)3-2-4-7(8)11/h2-4H,1H3,(H,14,15). The molecule has 80 valence electrons. The molecule has 0 unspecified atom stereocenters. The molecular formula is C9H7BrClNO3. The zero-order valence-corrected chi connectivity index (χ0v) is 10.0. The molecule has 0 spiro atoms. The molecule has 0 saturated carbocycles. The van der Waals surface area contributed by atoms with Crippen LogP contribution in [0.3, 0.4) is 0 Å². The van der Waals surface area contributed by atoms with Crippen molar-refractivity contribution in [2.45, 2.75) is 6.92 Å². The topological polar surface area (TPSA) is 57.6 Å². The maximum absolute atomic E-state index is 11.1. The Labute approximate surface area is 99.8 Å². The number of amides is 1. The summed E-state index contributed by atoms with van der Waals surface area (Å²) >= 11 is 8.78. The molecule has 0 saturated heterocycles. The van der Waals surface area contributed by atoms with Gasteiger partial charge < -0.3 is 5.11 Å². The normalized spacial score (nSPS) is 9.80. The molecular weight excluding hydrogens is 285 g/mol. The van der Waals surface area contributed by atoms with E-state index in [-0.39, 0.29) is 22.2 Å². The number of carboxylic acids is 1. The number of nitrogens with zero attached hydrogens (tertiary/aromatic N) is 1. The van der Waals surface area contributed by atoms with Gasteiger partial charge in [-0.1, -0.05) is 17.7 Å². The summed E-state index contributed by atoms with van der Waals surface area (Å²) in [6.45, 7) is 1.30. The lowest BCUT2D eigenvalue weighted by molar-refractivity contribution is -0.115. The minimum absolute atomic E-state index is 0.0328. The summed E-state index contributed by atoms with van der Waals surface area (Å²) in [6, 6.07) is 4.40. The first-order valence-corrected chi connectivity index (χ1v) is 5.02. The molecule has 0 bridgehead atoms. The molecule has 4 nitrogen and oxygen atoms in total.